The van der Waals surface area contributed by atoms with E-state index in [1.807, 2.05) is 0 Å². The van der Waals surface area contributed by atoms with Crippen molar-refractivity contribution in [3.63, 3.8) is 0 Å². The first-order valence-electron chi connectivity index (χ1n) is 14.7. The largest absolute Gasteiger partial charge is 0.490 e. The standard InChI is InChI=1S/C33H28FN3O8S2/c1-3-43-23-15-18(7-14-22(23)45-16-24(38)35-20-10-5-17(6-11-20)32(41)44-4-2)25-26-28(46-29-27(25)47-33(42)36-29)31(40)37(30(26)39)21-12-8-19(34)9-13-21/h5-15,25-26,28H,3-4,16H2,1-2H3,(H,35,38)(H,36,42)/t25-,26-,28+/m0/s1. The monoisotopic (exact) mass is 677 g/mol. The lowest BCUT2D eigenvalue weighted by Gasteiger charge is -2.30. The van der Waals surface area contributed by atoms with Gasteiger partial charge in [0.1, 0.15) is 11.1 Å². The topological polar surface area (TPSA) is 144 Å². The molecule has 0 unspecified atom stereocenters. The molecule has 47 heavy (non-hydrogen) atoms. The van der Waals surface area contributed by atoms with Crippen LogP contribution in [0.3, 0.4) is 0 Å². The highest BCUT2D eigenvalue weighted by Gasteiger charge is 2.56. The number of H-pyrrole nitrogens is 1. The van der Waals surface area contributed by atoms with Crippen molar-refractivity contribution in [3.05, 3.63) is 98.2 Å². The molecule has 0 bridgehead atoms. The van der Waals surface area contributed by atoms with E-state index in [0.717, 1.165) is 28.0 Å². The summed E-state index contributed by atoms with van der Waals surface area (Å²) in [4.78, 5) is 68.7. The van der Waals surface area contributed by atoms with Gasteiger partial charge < -0.3 is 24.5 Å². The number of esters is 1. The molecule has 2 N–H and O–H groups in total. The summed E-state index contributed by atoms with van der Waals surface area (Å²) < 4.78 is 30.3. The van der Waals surface area contributed by atoms with E-state index < -0.39 is 46.6 Å². The second-order valence-corrected chi connectivity index (χ2v) is 12.7. The van der Waals surface area contributed by atoms with Crippen LogP contribution >= 0.6 is 23.1 Å². The van der Waals surface area contributed by atoms with E-state index >= 15 is 0 Å². The van der Waals surface area contributed by atoms with E-state index in [1.165, 1.54) is 24.3 Å². The zero-order chi connectivity index (χ0) is 33.2. The Labute approximate surface area is 276 Å². The average molecular weight is 678 g/mol. The summed E-state index contributed by atoms with van der Waals surface area (Å²) in [6.07, 6.45) is 0. The van der Waals surface area contributed by atoms with Crippen LogP contribution in [0, 0.1) is 11.7 Å². The number of thioether (sulfide) groups is 1. The average Bonchev–Trinajstić information content (AvgIpc) is 3.55. The van der Waals surface area contributed by atoms with Gasteiger partial charge in [-0.05, 0) is 80.1 Å². The highest BCUT2D eigenvalue weighted by Crippen LogP contribution is 2.53. The van der Waals surface area contributed by atoms with Crippen LogP contribution in [0.25, 0.3) is 0 Å². The Morgan fingerprint density at radius 2 is 1.66 bits per heavy atom. The van der Waals surface area contributed by atoms with Gasteiger partial charge in [-0.2, -0.15) is 0 Å². The molecule has 1 fully saturated rings. The number of hydrogen-bond donors (Lipinski definition) is 2. The van der Waals surface area contributed by atoms with Gasteiger partial charge in [-0.1, -0.05) is 29.2 Å². The number of nitrogens with one attached hydrogen (secondary N) is 2. The molecule has 0 spiro atoms. The summed E-state index contributed by atoms with van der Waals surface area (Å²) in [7, 11) is 0. The Hall–Kier alpha value is -4.95. The van der Waals surface area contributed by atoms with Crippen LogP contribution in [0.2, 0.25) is 0 Å². The van der Waals surface area contributed by atoms with Gasteiger partial charge in [0.05, 0.1) is 35.4 Å². The van der Waals surface area contributed by atoms with Crippen molar-refractivity contribution in [1.29, 1.82) is 0 Å². The number of aromatic nitrogens is 1. The third kappa shape index (κ3) is 6.38. The third-order valence-electron chi connectivity index (χ3n) is 7.57. The molecule has 6 rings (SSSR count). The summed E-state index contributed by atoms with van der Waals surface area (Å²) in [5.74, 6) is -3.26. The summed E-state index contributed by atoms with van der Waals surface area (Å²) >= 11 is 2.11. The number of nitrogens with zero attached hydrogens (tertiary/aromatic N) is 1. The lowest BCUT2D eigenvalue weighted by Crippen LogP contribution is -2.32. The molecular formula is C33H28FN3O8S2. The molecule has 1 aromatic heterocycles. The number of halogens is 1. The minimum atomic E-state index is -0.848. The number of benzene rings is 3. The first-order chi connectivity index (χ1) is 22.7. The molecule has 0 radical (unpaired) electrons. The number of aromatic amines is 1. The van der Waals surface area contributed by atoms with Crippen molar-refractivity contribution >= 4 is 58.2 Å². The van der Waals surface area contributed by atoms with Gasteiger partial charge in [0.2, 0.25) is 11.8 Å². The van der Waals surface area contributed by atoms with E-state index in [4.69, 9.17) is 14.2 Å². The van der Waals surface area contributed by atoms with Crippen molar-refractivity contribution in [2.24, 2.45) is 5.92 Å². The van der Waals surface area contributed by atoms with E-state index in [1.54, 1.807) is 56.3 Å². The molecule has 3 heterocycles. The van der Waals surface area contributed by atoms with E-state index in [0.29, 0.717) is 32.5 Å². The number of carbonyl (C=O) groups is 4. The summed E-state index contributed by atoms with van der Waals surface area (Å²) in [6, 6.07) is 16.4. The van der Waals surface area contributed by atoms with Crippen molar-refractivity contribution in [1.82, 2.24) is 4.98 Å². The van der Waals surface area contributed by atoms with Gasteiger partial charge in [0.25, 0.3) is 5.91 Å². The van der Waals surface area contributed by atoms with Crippen LogP contribution in [0.5, 0.6) is 11.5 Å². The van der Waals surface area contributed by atoms with Gasteiger partial charge in [-0.15, -0.1) is 0 Å². The lowest BCUT2D eigenvalue weighted by molar-refractivity contribution is -0.122. The molecule has 11 nitrogen and oxygen atoms in total. The normalized spacial score (nSPS) is 18.4. The maximum Gasteiger partial charge on any atom is 0.338 e. The fraction of sp³-hybridized carbons (Fsp3) is 0.242. The van der Waals surface area contributed by atoms with Crippen LogP contribution < -0.4 is 24.6 Å². The predicted molar refractivity (Wildman–Crippen MR) is 173 cm³/mol. The SMILES string of the molecule is CCOC(=O)c1ccc(NC(=O)COc2ccc([C@@H]3c4sc(=O)[nH]c4S[C@H]4C(=O)N(c5ccc(F)cc5)C(=O)[C@@H]34)cc2OCC)cc1. The minimum Gasteiger partial charge on any atom is -0.490 e. The summed E-state index contributed by atoms with van der Waals surface area (Å²) in [5, 5.41) is 2.40. The Morgan fingerprint density at radius 1 is 0.915 bits per heavy atom. The molecule has 2 aliphatic heterocycles. The number of rotatable bonds is 10. The zero-order valence-electron chi connectivity index (χ0n) is 25.1. The number of carbonyl (C=O) groups excluding carboxylic acids is 4. The van der Waals surface area contributed by atoms with Crippen LogP contribution in [-0.2, 0) is 19.1 Å². The van der Waals surface area contributed by atoms with Crippen LogP contribution in [-0.4, -0.2) is 53.7 Å². The van der Waals surface area contributed by atoms with Gasteiger partial charge in [-0.3, -0.25) is 19.2 Å². The van der Waals surface area contributed by atoms with E-state index in [9.17, 15) is 28.4 Å². The molecular weight excluding hydrogens is 650 g/mol. The van der Waals surface area contributed by atoms with Gasteiger partial charge in [0.15, 0.2) is 18.1 Å². The van der Waals surface area contributed by atoms with Gasteiger partial charge in [0, 0.05) is 16.5 Å². The molecule has 3 amide bonds. The van der Waals surface area contributed by atoms with Gasteiger partial charge in [-0.25, -0.2) is 14.1 Å². The number of ether oxygens (including phenoxy) is 3. The molecule has 4 aromatic rings. The highest BCUT2D eigenvalue weighted by molar-refractivity contribution is 8.00. The van der Waals surface area contributed by atoms with Crippen LogP contribution in [0.15, 0.2) is 76.6 Å². The van der Waals surface area contributed by atoms with Crippen LogP contribution in [0.4, 0.5) is 15.8 Å². The number of amides is 3. The molecule has 2 aliphatic rings. The predicted octanol–water partition coefficient (Wildman–Crippen LogP) is 4.96. The number of imide groups is 1. The summed E-state index contributed by atoms with van der Waals surface area (Å²) in [6.45, 7) is 3.66. The maximum atomic E-state index is 13.9. The minimum absolute atomic E-state index is 0.253. The van der Waals surface area contributed by atoms with E-state index in [-0.39, 0.29) is 36.1 Å². The number of fused-ring (bicyclic) bond motifs is 2. The summed E-state index contributed by atoms with van der Waals surface area (Å²) in [5.41, 5.74) is 1.69. The Morgan fingerprint density at radius 3 is 2.36 bits per heavy atom. The van der Waals surface area contributed by atoms with Crippen molar-refractivity contribution < 1.29 is 37.8 Å². The lowest BCUT2D eigenvalue weighted by atomic mass is 9.83. The molecule has 0 saturated carbocycles. The highest BCUT2D eigenvalue weighted by atomic mass is 32.2. The molecule has 3 aromatic carbocycles. The van der Waals surface area contributed by atoms with Crippen molar-refractivity contribution in [2.75, 3.05) is 30.0 Å². The van der Waals surface area contributed by atoms with Crippen molar-refractivity contribution in [2.45, 2.75) is 30.0 Å². The fourth-order valence-corrected chi connectivity index (χ4v) is 8.09. The molecule has 242 valence electrons. The molecule has 0 aliphatic carbocycles. The Balaban J connectivity index is 1.24. The second kappa shape index (κ2) is 13.4. The van der Waals surface area contributed by atoms with Crippen molar-refractivity contribution in [3.8, 4) is 11.5 Å². The third-order valence-corrected chi connectivity index (χ3v) is 9.98. The van der Waals surface area contributed by atoms with Gasteiger partial charge >= 0.3 is 10.8 Å². The Kier molecular flexibility index (Phi) is 9.14. The molecule has 1 saturated heterocycles. The smallest absolute Gasteiger partial charge is 0.338 e. The number of thiazole rings is 1. The fourth-order valence-electron chi connectivity index (χ4n) is 5.57. The quantitative estimate of drug-likeness (QED) is 0.176. The maximum absolute atomic E-state index is 13.9. The molecule has 3 atom stereocenters. The first kappa shape index (κ1) is 32.0. The Bertz CT molecular complexity index is 1910. The number of anilines is 2. The number of hydrogen-bond acceptors (Lipinski definition) is 10. The first-order valence-corrected chi connectivity index (χ1v) is 16.4. The van der Waals surface area contributed by atoms with E-state index in [2.05, 4.69) is 10.3 Å². The second-order valence-electron chi connectivity index (χ2n) is 10.5. The van der Waals surface area contributed by atoms with Crippen LogP contribution in [0.1, 0.15) is 40.6 Å². The molecule has 14 heteroatoms. The zero-order valence-corrected chi connectivity index (χ0v) is 26.7.